The van der Waals surface area contributed by atoms with Crippen molar-refractivity contribution >= 4 is 22.6 Å². The molecule has 0 saturated heterocycles. The highest BCUT2D eigenvalue weighted by Crippen LogP contribution is 2.41. The van der Waals surface area contributed by atoms with Gasteiger partial charge in [-0.2, -0.15) is 31.4 Å². The standard InChI is InChI=1S/C16H10ClF7N4/c1-3-4-28-10-5-7(8(18)6-9(10)25-14(28)16(22,23)24)12-11(17)13(15(19,20)21)27(2)26-12/h3,5-6H,1,4H2,2H3. The number of rotatable bonds is 3. The minimum atomic E-state index is -4.86. The Hall–Kier alpha value is -2.56. The third-order valence-corrected chi connectivity index (χ3v) is 4.27. The molecule has 0 amide bonds. The quantitative estimate of drug-likeness (QED) is 0.412. The Morgan fingerprint density at radius 3 is 2.29 bits per heavy atom. The summed E-state index contributed by atoms with van der Waals surface area (Å²) in [6, 6.07) is 1.63. The van der Waals surface area contributed by atoms with E-state index in [1.807, 2.05) is 0 Å². The van der Waals surface area contributed by atoms with Gasteiger partial charge in [0.05, 0.1) is 16.1 Å². The van der Waals surface area contributed by atoms with Gasteiger partial charge in [-0.05, 0) is 6.07 Å². The Morgan fingerprint density at radius 1 is 1.14 bits per heavy atom. The summed E-state index contributed by atoms with van der Waals surface area (Å²) in [5.74, 6) is -2.40. The Balaban J connectivity index is 2.31. The highest BCUT2D eigenvalue weighted by atomic mass is 35.5. The molecular weight excluding hydrogens is 417 g/mol. The van der Waals surface area contributed by atoms with Gasteiger partial charge in [0.25, 0.3) is 0 Å². The number of hydrogen-bond donors (Lipinski definition) is 0. The van der Waals surface area contributed by atoms with Gasteiger partial charge in [0, 0.05) is 25.2 Å². The third-order valence-electron chi connectivity index (χ3n) is 3.92. The van der Waals surface area contributed by atoms with Crippen LogP contribution >= 0.6 is 11.6 Å². The topological polar surface area (TPSA) is 35.6 Å². The van der Waals surface area contributed by atoms with Crippen molar-refractivity contribution in [1.82, 2.24) is 19.3 Å². The molecule has 2 heterocycles. The first-order valence-corrected chi connectivity index (χ1v) is 7.92. The lowest BCUT2D eigenvalue weighted by atomic mass is 10.1. The second-order valence-electron chi connectivity index (χ2n) is 5.79. The average Bonchev–Trinajstić information content (AvgIpc) is 3.03. The summed E-state index contributed by atoms with van der Waals surface area (Å²) < 4.78 is 94.6. The molecule has 3 aromatic rings. The van der Waals surface area contributed by atoms with Crippen LogP contribution in [0.1, 0.15) is 11.5 Å². The van der Waals surface area contributed by atoms with Crippen LogP contribution in [-0.2, 0) is 25.9 Å². The highest BCUT2D eigenvalue weighted by Gasteiger charge is 2.40. The van der Waals surface area contributed by atoms with Crippen LogP contribution in [0.4, 0.5) is 30.7 Å². The first kappa shape index (κ1) is 20.2. The number of imidazole rings is 1. The van der Waals surface area contributed by atoms with E-state index in [0.29, 0.717) is 10.7 Å². The molecule has 0 unspecified atom stereocenters. The number of aromatic nitrogens is 4. The maximum Gasteiger partial charge on any atom is 0.449 e. The van der Waals surface area contributed by atoms with Crippen molar-refractivity contribution in [3.05, 3.63) is 47.1 Å². The summed E-state index contributed by atoms with van der Waals surface area (Å²) in [6.07, 6.45) is -8.51. The number of benzene rings is 1. The molecule has 0 bridgehead atoms. The molecule has 0 atom stereocenters. The molecule has 0 aliphatic carbocycles. The highest BCUT2D eigenvalue weighted by molar-refractivity contribution is 6.33. The van der Waals surface area contributed by atoms with Crippen molar-refractivity contribution in [2.24, 2.45) is 7.05 Å². The van der Waals surface area contributed by atoms with E-state index < -0.39 is 46.0 Å². The molecule has 0 aliphatic rings. The number of nitrogens with zero attached hydrogens (tertiary/aromatic N) is 4. The van der Waals surface area contributed by atoms with Crippen LogP contribution in [-0.4, -0.2) is 19.3 Å². The summed E-state index contributed by atoms with van der Waals surface area (Å²) in [6.45, 7) is 3.06. The summed E-state index contributed by atoms with van der Waals surface area (Å²) in [7, 11) is 0.971. The first-order valence-electron chi connectivity index (χ1n) is 7.54. The monoisotopic (exact) mass is 426 g/mol. The van der Waals surface area contributed by atoms with Crippen LogP contribution in [0.25, 0.3) is 22.3 Å². The Labute approximate surface area is 157 Å². The van der Waals surface area contributed by atoms with Gasteiger partial charge in [0.1, 0.15) is 11.5 Å². The number of alkyl halides is 6. The smallest absolute Gasteiger partial charge is 0.316 e. The molecule has 0 aliphatic heterocycles. The number of aryl methyl sites for hydroxylation is 1. The zero-order chi connectivity index (χ0) is 21.0. The SMILES string of the molecule is C=CCn1c(C(F)(F)F)nc2cc(F)c(-c3nn(C)c(C(F)(F)F)c3Cl)cc21. The van der Waals surface area contributed by atoms with Gasteiger partial charge in [-0.1, -0.05) is 17.7 Å². The molecule has 28 heavy (non-hydrogen) atoms. The molecule has 4 nitrogen and oxygen atoms in total. The summed E-state index contributed by atoms with van der Waals surface area (Å²) >= 11 is 5.76. The Morgan fingerprint density at radius 2 is 1.79 bits per heavy atom. The number of allylic oxidation sites excluding steroid dienone is 1. The predicted molar refractivity (Wildman–Crippen MR) is 87.1 cm³/mol. The summed E-state index contributed by atoms with van der Waals surface area (Å²) in [4.78, 5) is 3.39. The number of fused-ring (bicyclic) bond motifs is 1. The van der Waals surface area contributed by atoms with E-state index in [0.717, 1.165) is 17.7 Å². The van der Waals surface area contributed by atoms with Crippen molar-refractivity contribution < 1.29 is 30.7 Å². The molecule has 150 valence electrons. The molecule has 0 fully saturated rings. The minimum Gasteiger partial charge on any atom is -0.316 e. The molecule has 0 radical (unpaired) electrons. The van der Waals surface area contributed by atoms with Crippen LogP contribution in [0, 0.1) is 5.82 Å². The predicted octanol–water partition coefficient (Wildman–Crippen LogP) is 5.45. The van der Waals surface area contributed by atoms with E-state index in [1.54, 1.807) is 0 Å². The van der Waals surface area contributed by atoms with E-state index in [2.05, 4.69) is 16.7 Å². The van der Waals surface area contributed by atoms with Gasteiger partial charge in [-0.15, -0.1) is 6.58 Å². The van der Waals surface area contributed by atoms with Crippen molar-refractivity contribution in [2.75, 3.05) is 0 Å². The minimum absolute atomic E-state index is 0.154. The van der Waals surface area contributed by atoms with Crippen molar-refractivity contribution in [3.8, 4) is 11.3 Å². The van der Waals surface area contributed by atoms with Gasteiger partial charge in [-0.25, -0.2) is 9.37 Å². The maximum absolute atomic E-state index is 14.5. The summed E-state index contributed by atoms with van der Waals surface area (Å²) in [5.41, 5.74) is -2.81. The van der Waals surface area contributed by atoms with Gasteiger partial charge >= 0.3 is 12.4 Å². The Bertz CT molecular complexity index is 1080. The molecule has 1 aromatic carbocycles. The first-order chi connectivity index (χ1) is 12.9. The van der Waals surface area contributed by atoms with Crippen molar-refractivity contribution in [3.63, 3.8) is 0 Å². The van der Waals surface area contributed by atoms with E-state index in [4.69, 9.17) is 11.6 Å². The number of hydrogen-bond acceptors (Lipinski definition) is 2. The van der Waals surface area contributed by atoms with Gasteiger partial charge in [0.15, 0.2) is 5.69 Å². The van der Waals surface area contributed by atoms with Crippen LogP contribution in [0.15, 0.2) is 24.8 Å². The van der Waals surface area contributed by atoms with E-state index >= 15 is 0 Å². The van der Waals surface area contributed by atoms with Crippen molar-refractivity contribution in [2.45, 2.75) is 18.9 Å². The molecule has 0 N–H and O–H groups in total. The van der Waals surface area contributed by atoms with Gasteiger partial charge in [-0.3, -0.25) is 4.68 Å². The molecule has 0 saturated carbocycles. The fourth-order valence-electron chi connectivity index (χ4n) is 2.84. The normalized spacial score (nSPS) is 12.8. The van der Waals surface area contributed by atoms with Crippen LogP contribution in [0.5, 0.6) is 0 Å². The molecular formula is C16H10ClF7N4. The lowest BCUT2D eigenvalue weighted by Gasteiger charge is -2.09. The van der Waals surface area contributed by atoms with Gasteiger partial charge < -0.3 is 4.57 Å². The van der Waals surface area contributed by atoms with E-state index in [1.165, 1.54) is 6.08 Å². The van der Waals surface area contributed by atoms with E-state index in [9.17, 15) is 30.7 Å². The van der Waals surface area contributed by atoms with E-state index in [-0.39, 0.29) is 17.6 Å². The number of halogens is 8. The van der Waals surface area contributed by atoms with Gasteiger partial charge in [0.2, 0.25) is 5.82 Å². The second-order valence-corrected chi connectivity index (χ2v) is 6.16. The summed E-state index contributed by atoms with van der Waals surface area (Å²) in [5, 5.41) is 2.74. The second kappa shape index (κ2) is 6.50. The van der Waals surface area contributed by atoms with Crippen LogP contribution < -0.4 is 0 Å². The Kier molecular flexibility index (Phi) is 4.69. The molecule has 0 spiro atoms. The van der Waals surface area contributed by atoms with Crippen LogP contribution in [0.2, 0.25) is 5.02 Å². The zero-order valence-corrected chi connectivity index (χ0v) is 14.7. The van der Waals surface area contributed by atoms with Crippen molar-refractivity contribution in [1.29, 1.82) is 0 Å². The lowest BCUT2D eigenvalue weighted by Crippen LogP contribution is -2.14. The van der Waals surface area contributed by atoms with Crippen LogP contribution in [0.3, 0.4) is 0 Å². The molecule has 3 rings (SSSR count). The largest absolute Gasteiger partial charge is 0.449 e. The fourth-order valence-corrected chi connectivity index (χ4v) is 3.20. The zero-order valence-electron chi connectivity index (χ0n) is 14.0. The average molecular weight is 427 g/mol. The maximum atomic E-state index is 14.5. The lowest BCUT2D eigenvalue weighted by molar-refractivity contribution is -0.146. The fraction of sp³-hybridized carbons (Fsp3) is 0.250. The third kappa shape index (κ3) is 3.23. The molecule has 12 heteroatoms. The molecule has 2 aromatic heterocycles.